The second-order valence-electron chi connectivity index (χ2n) is 6.35. The molecule has 0 radical (unpaired) electrons. The number of aliphatic imine (C=N–C) groups is 1. The van der Waals surface area contributed by atoms with Gasteiger partial charge in [-0.2, -0.15) is 0 Å². The lowest BCUT2D eigenvalue weighted by Crippen LogP contribution is -2.41. The van der Waals surface area contributed by atoms with Crippen LogP contribution in [0.15, 0.2) is 35.3 Å². The van der Waals surface area contributed by atoms with Gasteiger partial charge >= 0.3 is 0 Å². The van der Waals surface area contributed by atoms with Gasteiger partial charge in [0.05, 0.1) is 0 Å². The first-order valence-electron chi connectivity index (χ1n) is 9.05. The summed E-state index contributed by atoms with van der Waals surface area (Å²) in [5, 5.41) is 9.47. The lowest BCUT2D eigenvalue weighted by molar-refractivity contribution is -0.122. The number of hydrogen-bond donors (Lipinski definition) is 3. The van der Waals surface area contributed by atoms with Crippen LogP contribution in [0.1, 0.15) is 44.6 Å². The summed E-state index contributed by atoms with van der Waals surface area (Å²) in [6.45, 7) is 7.23. The molecule has 24 heavy (non-hydrogen) atoms. The number of hydrogen-bond acceptors (Lipinski definition) is 2. The molecule has 0 aliphatic heterocycles. The highest BCUT2D eigenvalue weighted by molar-refractivity contribution is 5.81. The van der Waals surface area contributed by atoms with Crippen molar-refractivity contribution in [2.45, 2.75) is 39.0 Å². The SMILES string of the molecule is CCNC(=NCCC(C)c1ccccc1)NCCNC(=O)C1CC1. The summed E-state index contributed by atoms with van der Waals surface area (Å²) in [6, 6.07) is 10.5. The highest BCUT2D eigenvalue weighted by Gasteiger charge is 2.28. The van der Waals surface area contributed by atoms with Crippen LogP contribution in [0.4, 0.5) is 0 Å². The van der Waals surface area contributed by atoms with E-state index in [-0.39, 0.29) is 11.8 Å². The fraction of sp³-hybridized carbons (Fsp3) is 0.579. The maximum Gasteiger partial charge on any atom is 0.223 e. The first-order chi connectivity index (χ1) is 11.7. The minimum absolute atomic E-state index is 0.190. The molecule has 1 aromatic rings. The fourth-order valence-corrected chi connectivity index (χ4v) is 2.52. The Morgan fingerprint density at radius 1 is 1.17 bits per heavy atom. The highest BCUT2D eigenvalue weighted by Crippen LogP contribution is 2.28. The van der Waals surface area contributed by atoms with Crippen LogP contribution in [0.2, 0.25) is 0 Å². The Labute approximate surface area is 145 Å². The Balaban J connectivity index is 1.68. The summed E-state index contributed by atoms with van der Waals surface area (Å²) in [5.41, 5.74) is 1.36. The first-order valence-corrected chi connectivity index (χ1v) is 9.05. The molecule has 0 bridgehead atoms. The number of amides is 1. The summed E-state index contributed by atoms with van der Waals surface area (Å²) < 4.78 is 0. The summed E-state index contributed by atoms with van der Waals surface area (Å²) in [7, 11) is 0. The number of benzene rings is 1. The molecule has 0 aromatic heterocycles. The number of carbonyl (C=O) groups excluding carboxylic acids is 1. The Hall–Kier alpha value is -2.04. The maximum absolute atomic E-state index is 11.6. The molecule has 0 saturated heterocycles. The van der Waals surface area contributed by atoms with Crippen molar-refractivity contribution in [2.75, 3.05) is 26.2 Å². The molecular weight excluding hydrogens is 300 g/mol. The molecule has 0 spiro atoms. The molecule has 1 fully saturated rings. The quantitative estimate of drug-likeness (QED) is 0.370. The molecule has 1 amide bonds. The van der Waals surface area contributed by atoms with Crippen LogP contribution < -0.4 is 16.0 Å². The monoisotopic (exact) mass is 330 g/mol. The average Bonchev–Trinajstić information content (AvgIpc) is 3.44. The van der Waals surface area contributed by atoms with Crippen LogP contribution in [0.5, 0.6) is 0 Å². The van der Waals surface area contributed by atoms with Crippen LogP contribution in [0.3, 0.4) is 0 Å². The summed E-state index contributed by atoms with van der Waals surface area (Å²) >= 11 is 0. The molecule has 1 saturated carbocycles. The van der Waals surface area contributed by atoms with Crippen LogP contribution in [0, 0.1) is 5.92 Å². The number of guanidine groups is 1. The molecule has 1 aliphatic carbocycles. The van der Waals surface area contributed by atoms with Gasteiger partial charge in [0.1, 0.15) is 0 Å². The second kappa shape index (κ2) is 9.96. The van der Waals surface area contributed by atoms with Crippen molar-refractivity contribution in [2.24, 2.45) is 10.9 Å². The maximum atomic E-state index is 11.6. The van der Waals surface area contributed by atoms with Crippen molar-refractivity contribution in [1.29, 1.82) is 0 Å². The van der Waals surface area contributed by atoms with E-state index in [0.717, 1.165) is 38.3 Å². The molecule has 5 heteroatoms. The van der Waals surface area contributed by atoms with Gasteiger partial charge in [-0.3, -0.25) is 9.79 Å². The molecule has 1 atom stereocenters. The first kappa shape index (κ1) is 18.3. The molecule has 132 valence electrons. The van der Waals surface area contributed by atoms with Gasteiger partial charge in [0.15, 0.2) is 5.96 Å². The van der Waals surface area contributed by atoms with Crippen LogP contribution in [-0.2, 0) is 4.79 Å². The number of nitrogens with zero attached hydrogens (tertiary/aromatic N) is 1. The van der Waals surface area contributed by atoms with Crippen molar-refractivity contribution in [1.82, 2.24) is 16.0 Å². The van der Waals surface area contributed by atoms with Gasteiger partial charge in [-0.1, -0.05) is 37.3 Å². The Morgan fingerprint density at radius 2 is 1.88 bits per heavy atom. The van der Waals surface area contributed by atoms with E-state index in [2.05, 4.69) is 59.1 Å². The zero-order valence-corrected chi connectivity index (χ0v) is 14.8. The van der Waals surface area contributed by atoms with Crippen LogP contribution in [0.25, 0.3) is 0 Å². The van der Waals surface area contributed by atoms with Gasteiger partial charge in [0.2, 0.25) is 5.91 Å². The zero-order chi connectivity index (χ0) is 17.2. The molecule has 3 N–H and O–H groups in total. The number of rotatable bonds is 9. The molecule has 1 unspecified atom stereocenters. The topological polar surface area (TPSA) is 65.5 Å². The molecular formula is C19H30N4O. The lowest BCUT2D eigenvalue weighted by atomic mass is 9.98. The predicted molar refractivity (Wildman–Crippen MR) is 99.2 cm³/mol. The van der Waals surface area contributed by atoms with E-state index < -0.39 is 0 Å². The summed E-state index contributed by atoms with van der Waals surface area (Å²) in [6.07, 6.45) is 3.10. The standard InChI is InChI=1S/C19H30N4O/c1-3-20-19(23-14-13-21-18(24)17-9-10-17)22-12-11-15(2)16-7-5-4-6-8-16/h4-8,15,17H,3,9-14H2,1-2H3,(H,21,24)(H2,20,22,23). The van der Waals surface area contributed by atoms with E-state index in [4.69, 9.17) is 0 Å². The molecule has 0 heterocycles. The van der Waals surface area contributed by atoms with Gasteiger partial charge in [0, 0.05) is 32.1 Å². The van der Waals surface area contributed by atoms with E-state index in [0.29, 0.717) is 19.0 Å². The fourth-order valence-electron chi connectivity index (χ4n) is 2.52. The van der Waals surface area contributed by atoms with E-state index >= 15 is 0 Å². The predicted octanol–water partition coefficient (Wildman–Crippen LogP) is 2.26. The molecule has 5 nitrogen and oxygen atoms in total. The van der Waals surface area contributed by atoms with Gasteiger partial charge < -0.3 is 16.0 Å². The molecule has 1 aliphatic rings. The van der Waals surface area contributed by atoms with Crippen LogP contribution >= 0.6 is 0 Å². The van der Waals surface area contributed by atoms with Gasteiger partial charge in [0.25, 0.3) is 0 Å². The third kappa shape index (κ3) is 6.60. The van der Waals surface area contributed by atoms with Crippen molar-refractivity contribution < 1.29 is 4.79 Å². The minimum atomic E-state index is 0.190. The third-order valence-corrected chi connectivity index (χ3v) is 4.21. The minimum Gasteiger partial charge on any atom is -0.357 e. The van der Waals surface area contributed by atoms with Gasteiger partial charge in [-0.05, 0) is 37.7 Å². The number of carbonyl (C=O) groups is 1. The number of nitrogens with one attached hydrogen (secondary N) is 3. The van der Waals surface area contributed by atoms with Crippen molar-refractivity contribution in [3.05, 3.63) is 35.9 Å². The van der Waals surface area contributed by atoms with E-state index in [9.17, 15) is 4.79 Å². The summed E-state index contributed by atoms with van der Waals surface area (Å²) in [4.78, 5) is 16.2. The van der Waals surface area contributed by atoms with Crippen molar-refractivity contribution >= 4 is 11.9 Å². The third-order valence-electron chi connectivity index (χ3n) is 4.21. The van der Waals surface area contributed by atoms with Crippen LogP contribution in [-0.4, -0.2) is 38.0 Å². The molecule has 2 rings (SSSR count). The van der Waals surface area contributed by atoms with Gasteiger partial charge in [-0.15, -0.1) is 0 Å². The van der Waals surface area contributed by atoms with E-state index in [1.807, 2.05) is 6.07 Å². The largest absolute Gasteiger partial charge is 0.357 e. The van der Waals surface area contributed by atoms with E-state index in [1.165, 1.54) is 5.56 Å². The Morgan fingerprint density at radius 3 is 2.54 bits per heavy atom. The zero-order valence-electron chi connectivity index (χ0n) is 14.8. The van der Waals surface area contributed by atoms with Crippen molar-refractivity contribution in [3.63, 3.8) is 0 Å². The summed E-state index contributed by atoms with van der Waals surface area (Å²) in [5.74, 6) is 1.77. The second-order valence-corrected chi connectivity index (χ2v) is 6.35. The Kier molecular flexibility index (Phi) is 7.59. The van der Waals surface area contributed by atoms with Crippen molar-refractivity contribution in [3.8, 4) is 0 Å². The Bertz CT molecular complexity index is 525. The lowest BCUT2D eigenvalue weighted by Gasteiger charge is -2.13. The molecule has 1 aromatic carbocycles. The average molecular weight is 330 g/mol. The van der Waals surface area contributed by atoms with Gasteiger partial charge in [-0.25, -0.2) is 0 Å². The normalized spacial score (nSPS) is 15.7. The highest BCUT2D eigenvalue weighted by atomic mass is 16.2. The van der Waals surface area contributed by atoms with E-state index in [1.54, 1.807) is 0 Å². The smallest absolute Gasteiger partial charge is 0.223 e.